The van der Waals surface area contributed by atoms with Gasteiger partial charge in [0.25, 0.3) is 0 Å². The third-order valence-electron chi connectivity index (χ3n) is 3.64. The van der Waals surface area contributed by atoms with Crippen molar-refractivity contribution in [2.75, 3.05) is 20.1 Å². The zero-order chi connectivity index (χ0) is 13.7. The Bertz CT molecular complexity index is 432. The summed E-state index contributed by atoms with van der Waals surface area (Å²) in [5.74, 6) is 0.0379. The van der Waals surface area contributed by atoms with E-state index in [2.05, 4.69) is 23.5 Å². The normalized spacial score (nSPS) is 19.5. The number of hydrogen-bond acceptors (Lipinski definition) is 3. The topological polar surface area (TPSA) is 36.4 Å². The number of piperidine rings is 1. The average Bonchev–Trinajstić information content (AvgIpc) is 2.47. The lowest BCUT2D eigenvalue weighted by atomic mass is 10.0. The molecule has 0 radical (unpaired) electrons. The highest BCUT2D eigenvalue weighted by Gasteiger charge is 2.25. The van der Waals surface area contributed by atoms with Crippen LogP contribution in [0.4, 0.5) is 0 Å². The zero-order valence-corrected chi connectivity index (χ0v) is 11.5. The maximum Gasteiger partial charge on any atom is 0.246 e. The first-order valence-corrected chi connectivity index (χ1v) is 6.72. The van der Waals surface area contributed by atoms with Crippen LogP contribution in [-0.2, 0) is 11.3 Å². The molecular weight excluding hydrogens is 238 g/mol. The summed E-state index contributed by atoms with van der Waals surface area (Å²) in [6.45, 7) is 6.01. The number of pyridine rings is 1. The molecule has 0 unspecified atom stereocenters. The number of carbonyl (C=O) groups is 1. The quantitative estimate of drug-likeness (QED) is 0.772. The summed E-state index contributed by atoms with van der Waals surface area (Å²) in [6, 6.07) is 6.37. The zero-order valence-electron chi connectivity index (χ0n) is 11.5. The Morgan fingerprint density at radius 1 is 1.63 bits per heavy atom. The van der Waals surface area contributed by atoms with Crippen LogP contribution in [-0.4, -0.2) is 46.9 Å². The van der Waals surface area contributed by atoms with E-state index in [-0.39, 0.29) is 5.91 Å². The minimum Gasteiger partial charge on any atom is -0.338 e. The Morgan fingerprint density at radius 3 is 3.16 bits per heavy atom. The van der Waals surface area contributed by atoms with Crippen molar-refractivity contribution in [1.82, 2.24) is 14.8 Å². The lowest BCUT2D eigenvalue weighted by molar-refractivity contribution is -0.128. The minimum atomic E-state index is 0.0379. The maximum atomic E-state index is 11.7. The van der Waals surface area contributed by atoms with Gasteiger partial charge in [0.2, 0.25) is 5.91 Å². The molecule has 1 aromatic heterocycles. The van der Waals surface area contributed by atoms with Gasteiger partial charge in [0.1, 0.15) is 0 Å². The Morgan fingerprint density at radius 2 is 2.47 bits per heavy atom. The van der Waals surface area contributed by atoms with Crippen LogP contribution in [0.3, 0.4) is 0 Å². The van der Waals surface area contributed by atoms with Crippen LogP contribution in [0.5, 0.6) is 0 Å². The van der Waals surface area contributed by atoms with Gasteiger partial charge in [0.05, 0.1) is 5.69 Å². The number of hydrogen-bond donors (Lipinski definition) is 0. The SMILES string of the molecule is C=CC(=O)N1CCC[C@@H](N(C)Cc2ccccn2)C1. The van der Waals surface area contributed by atoms with Crippen molar-refractivity contribution >= 4 is 5.91 Å². The lowest BCUT2D eigenvalue weighted by Gasteiger charge is -2.37. The summed E-state index contributed by atoms with van der Waals surface area (Å²) in [6.07, 6.45) is 5.40. The van der Waals surface area contributed by atoms with Crippen LogP contribution in [0.15, 0.2) is 37.1 Å². The van der Waals surface area contributed by atoms with Crippen molar-refractivity contribution in [3.8, 4) is 0 Å². The van der Waals surface area contributed by atoms with Crippen LogP contribution in [0.25, 0.3) is 0 Å². The Labute approximate surface area is 114 Å². The van der Waals surface area contributed by atoms with Gasteiger partial charge < -0.3 is 4.90 Å². The van der Waals surface area contributed by atoms with Gasteiger partial charge in [-0.3, -0.25) is 14.7 Å². The van der Waals surface area contributed by atoms with E-state index >= 15 is 0 Å². The molecule has 1 amide bonds. The summed E-state index contributed by atoms with van der Waals surface area (Å²) in [5, 5.41) is 0. The molecule has 0 aromatic carbocycles. The number of amides is 1. The van der Waals surface area contributed by atoms with Crippen molar-refractivity contribution in [2.24, 2.45) is 0 Å². The van der Waals surface area contributed by atoms with Crippen LogP contribution >= 0.6 is 0 Å². The molecule has 4 heteroatoms. The monoisotopic (exact) mass is 259 g/mol. The Kier molecular flexibility index (Phi) is 4.68. The van der Waals surface area contributed by atoms with Gasteiger partial charge in [-0.1, -0.05) is 12.6 Å². The first-order chi connectivity index (χ1) is 9.20. The maximum absolute atomic E-state index is 11.7. The smallest absolute Gasteiger partial charge is 0.246 e. The van der Waals surface area contributed by atoms with E-state index in [4.69, 9.17) is 0 Å². The fraction of sp³-hybridized carbons (Fsp3) is 0.467. The van der Waals surface area contributed by atoms with Crippen molar-refractivity contribution in [2.45, 2.75) is 25.4 Å². The fourth-order valence-electron chi connectivity index (χ4n) is 2.52. The van der Waals surface area contributed by atoms with E-state index < -0.39 is 0 Å². The van der Waals surface area contributed by atoms with E-state index in [1.54, 1.807) is 0 Å². The number of nitrogens with zero attached hydrogens (tertiary/aromatic N) is 3. The molecular formula is C15H21N3O. The molecule has 0 bridgehead atoms. The van der Waals surface area contributed by atoms with Gasteiger partial charge in [-0.25, -0.2) is 0 Å². The van der Waals surface area contributed by atoms with Gasteiger partial charge in [-0.05, 0) is 38.1 Å². The predicted molar refractivity (Wildman–Crippen MR) is 75.5 cm³/mol. The molecule has 0 aliphatic carbocycles. The molecule has 4 nitrogen and oxygen atoms in total. The van der Waals surface area contributed by atoms with Crippen molar-refractivity contribution in [1.29, 1.82) is 0 Å². The number of rotatable bonds is 4. The predicted octanol–water partition coefficient (Wildman–Crippen LogP) is 1.69. The Balaban J connectivity index is 1.93. The number of likely N-dealkylation sites (tertiary alicyclic amines) is 1. The number of likely N-dealkylation sites (N-methyl/N-ethyl adjacent to an activating group) is 1. The molecule has 1 aromatic rings. The fourth-order valence-corrected chi connectivity index (χ4v) is 2.52. The van der Waals surface area contributed by atoms with Gasteiger partial charge in [0.15, 0.2) is 0 Å². The van der Waals surface area contributed by atoms with Crippen LogP contribution in [0, 0.1) is 0 Å². The van der Waals surface area contributed by atoms with Crippen LogP contribution < -0.4 is 0 Å². The van der Waals surface area contributed by atoms with Gasteiger partial charge in [0, 0.05) is 31.9 Å². The molecule has 0 saturated carbocycles. The molecule has 1 atom stereocenters. The largest absolute Gasteiger partial charge is 0.338 e. The van der Waals surface area contributed by atoms with Crippen LogP contribution in [0.2, 0.25) is 0 Å². The molecule has 1 saturated heterocycles. The molecule has 1 aliphatic heterocycles. The highest BCUT2D eigenvalue weighted by Crippen LogP contribution is 2.16. The van der Waals surface area contributed by atoms with Crippen molar-refractivity contribution in [3.05, 3.63) is 42.7 Å². The standard InChI is InChI=1S/C15H21N3O/c1-3-15(19)18-10-6-8-14(12-18)17(2)11-13-7-4-5-9-16-13/h3-5,7,9,14H,1,6,8,10-12H2,2H3/t14-/m1/s1. The third-order valence-corrected chi connectivity index (χ3v) is 3.64. The molecule has 1 fully saturated rings. The summed E-state index contributed by atoms with van der Waals surface area (Å²) in [5.41, 5.74) is 1.07. The lowest BCUT2D eigenvalue weighted by Crippen LogP contribution is -2.48. The van der Waals surface area contributed by atoms with Gasteiger partial charge in [-0.15, -0.1) is 0 Å². The second kappa shape index (κ2) is 6.48. The van der Waals surface area contributed by atoms with E-state index in [0.29, 0.717) is 6.04 Å². The molecule has 1 aliphatic rings. The molecule has 0 N–H and O–H groups in total. The van der Waals surface area contributed by atoms with Crippen LogP contribution in [0.1, 0.15) is 18.5 Å². The average molecular weight is 259 g/mol. The molecule has 0 spiro atoms. The first kappa shape index (κ1) is 13.7. The molecule has 2 rings (SSSR count). The van der Waals surface area contributed by atoms with E-state index in [1.807, 2.05) is 29.3 Å². The summed E-state index contributed by atoms with van der Waals surface area (Å²) < 4.78 is 0. The Hall–Kier alpha value is -1.68. The summed E-state index contributed by atoms with van der Waals surface area (Å²) in [4.78, 5) is 20.2. The highest BCUT2D eigenvalue weighted by atomic mass is 16.2. The van der Waals surface area contributed by atoms with E-state index in [0.717, 1.165) is 38.2 Å². The van der Waals surface area contributed by atoms with E-state index in [9.17, 15) is 4.79 Å². The molecule has 102 valence electrons. The van der Waals surface area contributed by atoms with Crippen molar-refractivity contribution < 1.29 is 4.79 Å². The number of aromatic nitrogens is 1. The van der Waals surface area contributed by atoms with Gasteiger partial charge in [-0.2, -0.15) is 0 Å². The summed E-state index contributed by atoms with van der Waals surface area (Å²) in [7, 11) is 2.10. The third kappa shape index (κ3) is 3.64. The molecule has 2 heterocycles. The highest BCUT2D eigenvalue weighted by molar-refractivity contribution is 5.87. The van der Waals surface area contributed by atoms with Crippen molar-refractivity contribution in [3.63, 3.8) is 0 Å². The second-order valence-corrected chi connectivity index (χ2v) is 5.02. The van der Waals surface area contributed by atoms with Gasteiger partial charge >= 0.3 is 0 Å². The number of carbonyl (C=O) groups excluding carboxylic acids is 1. The second-order valence-electron chi connectivity index (χ2n) is 5.02. The summed E-state index contributed by atoms with van der Waals surface area (Å²) >= 11 is 0. The van der Waals surface area contributed by atoms with E-state index in [1.165, 1.54) is 6.08 Å². The minimum absolute atomic E-state index is 0.0379. The molecule has 19 heavy (non-hydrogen) atoms. The first-order valence-electron chi connectivity index (χ1n) is 6.72.